The summed E-state index contributed by atoms with van der Waals surface area (Å²) in [4.78, 5) is 28.5. The van der Waals surface area contributed by atoms with Crippen molar-refractivity contribution in [2.24, 2.45) is 0 Å². The van der Waals surface area contributed by atoms with E-state index in [0.717, 1.165) is 10.9 Å². The zero-order valence-corrected chi connectivity index (χ0v) is 16.5. The number of nitrogens with one attached hydrogen (secondary N) is 2. The van der Waals surface area contributed by atoms with Gasteiger partial charge in [-0.3, -0.25) is 9.78 Å². The third kappa shape index (κ3) is 5.00. The highest BCUT2D eigenvalue weighted by molar-refractivity contribution is 7.89. The number of aromatic nitrogens is 1. The lowest BCUT2D eigenvalue weighted by Crippen LogP contribution is -2.24. The lowest BCUT2D eigenvalue weighted by molar-refractivity contribution is -0.119. The average Bonchev–Trinajstić information content (AvgIpc) is 2.76. The van der Waals surface area contributed by atoms with Crippen LogP contribution in [0.1, 0.15) is 10.4 Å². The number of rotatable bonds is 7. The highest BCUT2D eigenvalue weighted by Gasteiger charge is 2.15. The monoisotopic (exact) mass is 423 g/mol. The molecule has 0 aliphatic carbocycles. The molecule has 0 saturated heterocycles. The lowest BCUT2D eigenvalue weighted by Gasteiger charge is -2.09. The number of anilines is 1. The van der Waals surface area contributed by atoms with Gasteiger partial charge in [0.2, 0.25) is 10.0 Å². The second-order valence-electron chi connectivity index (χ2n) is 6.05. The summed E-state index contributed by atoms with van der Waals surface area (Å²) in [7, 11) is -3.76. The molecule has 1 amide bonds. The smallest absolute Gasteiger partial charge is 0.338 e. The van der Waals surface area contributed by atoms with Crippen molar-refractivity contribution in [1.29, 1.82) is 0 Å². The number of ether oxygens (including phenoxy) is 1. The summed E-state index contributed by atoms with van der Waals surface area (Å²) in [6.07, 6.45) is 6.69. The highest BCUT2D eigenvalue weighted by Crippen LogP contribution is 2.21. The molecular formula is C21H17N3O5S. The van der Waals surface area contributed by atoms with Crippen molar-refractivity contribution < 1.29 is 22.7 Å². The molecule has 0 unspecified atom stereocenters. The van der Waals surface area contributed by atoms with E-state index in [-0.39, 0.29) is 17.0 Å². The number of carbonyl (C=O) groups is 2. The molecule has 152 valence electrons. The predicted octanol–water partition coefficient (Wildman–Crippen LogP) is 1.94. The molecule has 1 heterocycles. The van der Waals surface area contributed by atoms with E-state index >= 15 is 0 Å². The van der Waals surface area contributed by atoms with Crippen molar-refractivity contribution in [1.82, 2.24) is 9.71 Å². The Morgan fingerprint density at radius 2 is 1.83 bits per heavy atom. The fourth-order valence-electron chi connectivity index (χ4n) is 2.60. The minimum atomic E-state index is -3.76. The SMILES string of the molecule is C#CCNS(=O)(=O)c1ccc(C(=O)OCC(=O)Nc2cccc3ncccc23)cc1. The third-order valence-electron chi connectivity index (χ3n) is 4.02. The lowest BCUT2D eigenvalue weighted by atomic mass is 10.2. The molecule has 0 aliphatic rings. The van der Waals surface area contributed by atoms with Gasteiger partial charge in [-0.05, 0) is 48.5 Å². The topological polar surface area (TPSA) is 114 Å². The van der Waals surface area contributed by atoms with Gasteiger partial charge in [-0.1, -0.05) is 12.0 Å². The number of sulfonamides is 1. The van der Waals surface area contributed by atoms with Crippen LogP contribution in [0.25, 0.3) is 10.9 Å². The van der Waals surface area contributed by atoms with Crippen LogP contribution in [0.4, 0.5) is 5.69 Å². The molecule has 8 nitrogen and oxygen atoms in total. The van der Waals surface area contributed by atoms with Crippen molar-refractivity contribution in [3.05, 3.63) is 66.4 Å². The van der Waals surface area contributed by atoms with Crippen LogP contribution in [-0.4, -0.2) is 38.4 Å². The first-order valence-electron chi connectivity index (χ1n) is 8.74. The van der Waals surface area contributed by atoms with E-state index in [1.807, 2.05) is 12.1 Å². The second kappa shape index (κ2) is 9.17. The quantitative estimate of drug-likeness (QED) is 0.443. The molecule has 9 heteroatoms. The van der Waals surface area contributed by atoms with Gasteiger partial charge in [0.1, 0.15) is 0 Å². The first kappa shape index (κ1) is 21.0. The fraction of sp³-hybridized carbons (Fsp3) is 0.0952. The van der Waals surface area contributed by atoms with Gasteiger partial charge in [0.15, 0.2) is 6.61 Å². The van der Waals surface area contributed by atoms with Crippen molar-refractivity contribution in [3.8, 4) is 12.3 Å². The molecule has 3 aromatic rings. The van der Waals surface area contributed by atoms with Gasteiger partial charge in [0, 0.05) is 11.6 Å². The van der Waals surface area contributed by atoms with Crippen LogP contribution in [0.15, 0.2) is 65.7 Å². The van der Waals surface area contributed by atoms with Crippen molar-refractivity contribution in [3.63, 3.8) is 0 Å². The minimum absolute atomic E-state index is 0.0448. The van der Waals surface area contributed by atoms with E-state index in [1.54, 1.807) is 24.4 Å². The Labute approximate surface area is 173 Å². The molecule has 0 bridgehead atoms. The van der Waals surface area contributed by atoms with E-state index < -0.39 is 28.5 Å². The summed E-state index contributed by atoms with van der Waals surface area (Å²) in [5, 5.41) is 3.44. The van der Waals surface area contributed by atoms with Crippen LogP contribution in [0.5, 0.6) is 0 Å². The van der Waals surface area contributed by atoms with Crippen LogP contribution < -0.4 is 10.0 Å². The third-order valence-corrected chi connectivity index (χ3v) is 5.44. The average molecular weight is 423 g/mol. The van der Waals surface area contributed by atoms with Crippen LogP contribution >= 0.6 is 0 Å². The van der Waals surface area contributed by atoms with Crippen LogP contribution in [0.3, 0.4) is 0 Å². The van der Waals surface area contributed by atoms with E-state index in [4.69, 9.17) is 11.2 Å². The molecule has 30 heavy (non-hydrogen) atoms. The summed E-state index contributed by atoms with van der Waals surface area (Å²) in [6.45, 7) is -0.646. The zero-order valence-electron chi connectivity index (χ0n) is 15.7. The zero-order chi connectivity index (χ0) is 21.6. The van der Waals surface area contributed by atoms with E-state index in [1.165, 1.54) is 24.3 Å². The number of hydrogen-bond donors (Lipinski definition) is 2. The van der Waals surface area contributed by atoms with Gasteiger partial charge in [0.05, 0.1) is 28.2 Å². The Hall–Kier alpha value is -3.74. The first-order chi connectivity index (χ1) is 14.4. The van der Waals surface area contributed by atoms with E-state index in [9.17, 15) is 18.0 Å². The first-order valence-corrected chi connectivity index (χ1v) is 10.2. The van der Waals surface area contributed by atoms with Gasteiger partial charge in [0.25, 0.3) is 5.91 Å². The standard InChI is InChI=1S/C21H17N3O5S/c1-2-12-23-30(27,28)16-10-8-15(9-11-16)21(26)29-14-20(25)24-19-7-3-6-18-17(19)5-4-13-22-18/h1,3-11,13,23H,12,14H2,(H,24,25). The summed E-state index contributed by atoms with van der Waals surface area (Å²) < 4.78 is 31.2. The number of nitrogens with zero attached hydrogens (tertiary/aromatic N) is 1. The minimum Gasteiger partial charge on any atom is -0.452 e. The molecule has 0 fully saturated rings. The van der Waals surface area contributed by atoms with Crippen LogP contribution in [0.2, 0.25) is 0 Å². The van der Waals surface area contributed by atoms with Crippen LogP contribution in [-0.2, 0) is 19.6 Å². The van der Waals surface area contributed by atoms with Crippen molar-refractivity contribution >= 4 is 38.5 Å². The van der Waals surface area contributed by atoms with E-state index in [2.05, 4.69) is 20.9 Å². The molecule has 0 saturated carbocycles. The number of esters is 1. The maximum Gasteiger partial charge on any atom is 0.338 e. The number of carbonyl (C=O) groups excluding carboxylic acids is 2. The predicted molar refractivity (Wildman–Crippen MR) is 111 cm³/mol. The second-order valence-corrected chi connectivity index (χ2v) is 7.82. The Morgan fingerprint density at radius 1 is 1.07 bits per heavy atom. The number of hydrogen-bond acceptors (Lipinski definition) is 6. The summed E-state index contributed by atoms with van der Waals surface area (Å²) in [5.74, 6) is 0.897. The van der Waals surface area contributed by atoms with Gasteiger partial charge in [-0.15, -0.1) is 6.42 Å². The van der Waals surface area contributed by atoms with Gasteiger partial charge in [-0.2, -0.15) is 4.72 Å². The van der Waals surface area contributed by atoms with E-state index in [0.29, 0.717) is 5.69 Å². The molecule has 0 aliphatic heterocycles. The van der Waals surface area contributed by atoms with Crippen molar-refractivity contribution in [2.75, 3.05) is 18.5 Å². The maximum absolute atomic E-state index is 12.2. The maximum atomic E-state index is 12.2. The molecule has 0 radical (unpaired) electrons. The molecule has 0 spiro atoms. The largest absolute Gasteiger partial charge is 0.452 e. The highest BCUT2D eigenvalue weighted by atomic mass is 32.2. The molecule has 2 N–H and O–H groups in total. The number of amides is 1. The Bertz CT molecular complexity index is 1230. The number of fused-ring (bicyclic) bond motifs is 1. The molecule has 1 aromatic heterocycles. The van der Waals surface area contributed by atoms with Gasteiger partial charge in [-0.25, -0.2) is 13.2 Å². The fourth-order valence-corrected chi connectivity index (χ4v) is 3.54. The summed E-state index contributed by atoms with van der Waals surface area (Å²) in [6, 6.07) is 13.9. The number of terminal acetylenes is 1. The normalized spacial score (nSPS) is 10.9. The molecule has 0 atom stereocenters. The summed E-state index contributed by atoms with van der Waals surface area (Å²) in [5.41, 5.74) is 1.38. The molecular weight excluding hydrogens is 406 g/mol. The molecule has 2 aromatic carbocycles. The number of pyridine rings is 1. The van der Waals surface area contributed by atoms with Crippen LogP contribution in [0, 0.1) is 12.3 Å². The van der Waals surface area contributed by atoms with Crippen molar-refractivity contribution in [2.45, 2.75) is 4.90 Å². The number of benzene rings is 2. The molecule has 3 rings (SSSR count). The van der Waals surface area contributed by atoms with Gasteiger partial charge >= 0.3 is 5.97 Å². The summed E-state index contributed by atoms with van der Waals surface area (Å²) >= 11 is 0. The Kier molecular flexibility index (Phi) is 6.41. The Balaban J connectivity index is 1.60. The van der Waals surface area contributed by atoms with Gasteiger partial charge < -0.3 is 10.1 Å². The Morgan fingerprint density at radius 3 is 2.57 bits per heavy atom.